The van der Waals surface area contributed by atoms with Gasteiger partial charge in [0.2, 0.25) is 15.9 Å². The van der Waals surface area contributed by atoms with E-state index in [0.29, 0.717) is 17.9 Å². The van der Waals surface area contributed by atoms with Crippen molar-refractivity contribution < 1.29 is 13.2 Å². The van der Waals surface area contributed by atoms with Crippen molar-refractivity contribution in [3.8, 4) is 0 Å². The fourth-order valence-corrected chi connectivity index (χ4v) is 4.05. The van der Waals surface area contributed by atoms with Crippen LogP contribution in [0.4, 0.5) is 0 Å². The number of nitrogens with two attached hydrogens (primary N) is 1. The number of amides is 1. The van der Waals surface area contributed by atoms with E-state index in [1.54, 1.807) is 20.9 Å². The standard InChI is InChI=1S/C15H29N5O3S.ClH/c1-7-15(16,8-2)9-17-14(21)11(4)19-24(22,23)13-10(3)18-20(6)12(13)5;/h11,19H,7-9,16H2,1-6H3,(H,17,21);1H. The third-order valence-electron chi connectivity index (χ3n) is 4.46. The average molecular weight is 396 g/mol. The van der Waals surface area contributed by atoms with E-state index in [0.717, 1.165) is 12.8 Å². The fourth-order valence-electron chi connectivity index (χ4n) is 2.40. The lowest BCUT2D eigenvalue weighted by molar-refractivity contribution is -0.122. The molecule has 0 saturated carbocycles. The summed E-state index contributed by atoms with van der Waals surface area (Å²) >= 11 is 0. The van der Waals surface area contributed by atoms with Crippen molar-refractivity contribution in [1.29, 1.82) is 0 Å². The maximum atomic E-state index is 12.5. The molecular formula is C15H30ClN5O3S. The maximum Gasteiger partial charge on any atom is 0.244 e. The first-order chi connectivity index (χ1) is 11.0. The third kappa shape index (κ3) is 5.67. The van der Waals surface area contributed by atoms with E-state index in [2.05, 4.69) is 15.1 Å². The van der Waals surface area contributed by atoms with Crippen LogP contribution in [-0.2, 0) is 21.9 Å². The van der Waals surface area contributed by atoms with Crippen LogP contribution in [0, 0.1) is 13.8 Å². The first-order valence-corrected chi connectivity index (χ1v) is 9.55. The van der Waals surface area contributed by atoms with Crippen molar-refractivity contribution >= 4 is 28.3 Å². The number of halogens is 1. The van der Waals surface area contributed by atoms with Crippen LogP contribution in [-0.4, -0.2) is 42.2 Å². The summed E-state index contributed by atoms with van der Waals surface area (Å²) in [6.07, 6.45) is 1.44. The number of nitrogens with one attached hydrogen (secondary N) is 2. The van der Waals surface area contributed by atoms with E-state index in [9.17, 15) is 13.2 Å². The summed E-state index contributed by atoms with van der Waals surface area (Å²) in [5, 5.41) is 6.82. The molecule has 1 heterocycles. The summed E-state index contributed by atoms with van der Waals surface area (Å²) < 4.78 is 29.0. The van der Waals surface area contributed by atoms with Crippen molar-refractivity contribution in [2.45, 2.75) is 63.9 Å². The highest BCUT2D eigenvalue weighted by atomic mass is 35.5. The monoisotopic (exact) mass is 395 g/mol. The lowest BCUT2D eigenvalue weighted by Crippen LogP contribution is -2.53. The first kappa shape index (κ1) is 23.8. The minimum atomic E-state index is -3.84. The summed E-state index contributed by atoms with van der Waals surface area (Å²) in [5.41, 5.74) is 6.58. The Balaban J connectivity index is 0.00000576. The zero-order chi connectivity index (χ0) is 18.7. The molecule has 25 heavy (non-hydrogen) atoms. The Morgan fingerprint density at radius 1 is 1.32 bits per heavy atom. The van der Waals surface area contributed by atoms with Crippen molar-refractivity contribution in [3.05, 3.63) is 11.4 Å². The summed E-state index contributed by atoms with van der Waals surface area (Å²) in [7, 11) is -2.16. The van der Waals surface area contributed by atoms with E-state index in [1.807, 2.05) is 13.8 Å². The predicted molar refractivity (Wildman–Crippen MR) is 100 cm³/mol. The van der Waals surface area contributed by atoms with Gasteiger partial charge in [0.25, 0.3) is 0 Å². The van der Waals surface area contributed by atoms with Crippen LogP contribution in [0.1, 0.15) is 45.0 Å². The minimum Gasteiger partial charge on any atom is -0.353 e. The number of nitrogens with zero attached hydrogens (tertiary/aromatic N) is 2. The molecule has 0 spiro atoms. The molecule has 1 rings (SSSR count). The number of hydrogen-bond donors (Lipinski definition) is 3. The maximum absolute atomic E-state index is 12.5. The van der Waals surface area contributed by atoms with Gasteiger partial charge in [-0.2, -0.15) is 9.82 Å². The van der Waals surface area contributed by atoms with Crippen molar-refractivity contribution in [2.24, 2.45) is 12.8 Å². The Kier molecular flexibility index (Phi) is 8.56. The van der Waals surface area contributed by atoms with E-state index >= 15 is 0 Å². The van der Waals surface area contributed by atoms with E-state index < -0.39 is 27.5 Å². The molecule has 0 aromatic carbocycles. The van der Waals surface area contributed by atoms with Gasteiger partial charge in [-0.25, -0.2) is 8.42 Å². The van der Waals surface area contributed by atoms with Crippen LogP contribution in [0.2, 0.25) is 0 Å². The molecule has 0 radical (unpaired) electrons. The molecule has 146 valence electrons. The van der Waals surface area contributed by atoms with Crippen LogP contribution in [0.3, 0.4) is 0 Å². The first-order valence-electron chi connectivity index (χ1n) is 8.06. The highest BCUT2D eigenvalue weighted by Crippen LogP contribution is 2.18. The third-order valence-corrected chi connectivity index (χ3v) is 6.25. The molecule has 0 aliphatic carbocycles. The van der Waals surface area contributed by atoms with E-state index in [-0.39, 0.29) is 17.3 Å². The van der Waals surface area contributed by atoms with Gasteiger partial charge in [0.05, 0.1) is 17.4 Å². The number of carbonyl (C=O) groups is 1. The Labute approximate surface area is 156 Å². The van der Waals surface area contributed by atoms with Gasteiger partial charge in [-0.1, -0.05) is 13.8 Å². The van der Waals surface area contributed by atoms with Crippen molar-refractivity contribution in [2.75, 3.05) is 6.54 Å². The van der Waals surface area contributed by atoms with Gasteiger partial charge < -0.3 is 11.1 Å². The normalized spacial score (nSPS) is 13.2. The number of hydrogen-bond acceptors (Lipinski definition) is 5. The van der Waals surface area contributed by atoms with Gasteiger partial charge in [-0.15, -0.1) is 12.4 Å². The predicted octanol–water partition coefficient (Wildman–Crippen LogP) is 0.759. The molecule has 0 fully saturated rings. The Morgan fingerprint density at radius 3 is 2.24 bits per heavy atom. The van der Waals surface area contributed by atoms with Crippen LogP contribution in [0.5, 0.6) is 0 Å². The van der Waals surface area contributed by atoms with Gasteiger partial charge in [-0.05, 0) is 33.6 Å². The topological polar surface area (TPSA) is 119 Å². The Bertz CT molecular complexity index is 698. The van der Waals surface area contributed by atoms with E-state index in [4.69, 9.17) is 5.73 Å². The second-order valence-electron chi connectivity index (χ2n) is 6.25. The van der Waals surface area contributed by atoms with E-state index in [1.165, 1.54) is 11.6 Å². The minimum absolute atomic E-state index is 0. The fraction of sp³-hybridized carbons (Fsp3) is 0.733. The molecular weight excluding hydrogens is 366 g/mol. The summed E-state index contributed by atoms with van der Waals surface area (Å²) in [6, 6.07) is -0.910. The molecule has 1 amide bonds. The lowest BCUT2D eigenvalue weighted by atomic mass is 9.94. The summed E-state index contributed by atoms with van der Waals surface area (Å²) in [5.74, 6) is -0.408. The molecule has 1 atom stereocenters. The van der Waals surface area contributed by atoms with Gasteiger partial charge in [-0.3, -0.25) is 9.48 Å². The largest absolute Gasteiger partial charge is 0.353 e. The molecule has 0 aliphatic heterocycles. The zero-order valence-electron chi connectivity index (χ0n) is 15.7. The molecule has 1 unspecified atom stereocenters. The van der Waals surface area contributed by atoms with Gasteiger partial charge in [0.15, 0.2) is 0 Å². The summed E-state index contributed by atoms with van der Waals surface area (Å²) in [6.45, 7) is 9.01. The smallest absolute Gasteiger partial charge is 0.244 e. The number of sulfonamides is 1. The van der Waals surface area contributed by atoms with Crippen LogP contribution in [0.15, 0.2) is 4.90 Å². The quantitative estimate of drug-likeness (QED) is 0.600. The number of aryl methyl sites for hydroxylation is 2. The summed E-state index contributed by atoms with van der Waals surface area (Å²) in [4.78, 5) is 12.3. The highest BCUT2D eigenvalue weighted by molar-refractivity contribution is 7.89. The SMILES string of the molecule is CCC(N)(CC)CNC(=O)C(C)NS(=O)(=O)c1c(C)nn(C)c1C.Cl. The van der Waals surface area contributed by atoms with Crippen molar-refractivity contribution in [3.63, 3.8) is 0 Å². The van der Waals surface area contributed by atoms with Crippen LogP contribution >= 0.6 is 12.4 Å². The van der Waals surface area contributed by atoms with Gasteiger partial charge in [0.1, 0.15) is 4.90 Å². The van der Waals surface area contributed by atoms with Gasteiger partial charge in [0, 0.05) is 19.1 Å². The molecule has 8 nitrogen and oxygen atoms in total. The zero-order valence-corrected chi connectivity index (χ0v) is 17.3. The van der Waals surface area contributed by atoms with Crippen molar-refractivity contribution in [1.82, 2.24) is 19.8 Å². The second kappa shape index (κ2) is 8.98. The highest BCUT2D eigenvalue weighted by Gasteiger charge is 2.28. The molecule has 0 saturated heterocycles. The number of rotatable bonds is 8. The Morgan fingerprint density at radius 2 is 1.84 bits per heavy atom. The molecule has 10 heteroatoms. The van der Waals surface area contributed by atoms with Gasteiger partial charge >= 0.3 is 0 Å². The lowest BCUT2D eigenvalue weighted by Gasteiger charge is -2.27. The van der Waals surface area contributed by atoms with Crippen LogP contribution in [0.25, 0.3) is 0 Å². The average Bonchev–Trinajstić information content (AvgIpc) is 2.77. The molecule has 4 N–H and O–H groups in total. The second-order valence-corrected chi connectivity index (χ2v) is 7.90. The Hall–Kier alpha value is -1.16. The molecule has 1 aromatic rings. The number of carbonyl (C=O) groups excluding carboxylic acids is 1. The molecule has 0 bridgehead atoms. The van der Waals surface area contributed by atoms with Crippen LogP contribution < -0.4 is 15.8 Å². The number of aromatic nitrogens is 2. The molecule has 0 aliphatic rings. The molecule has 1 aromatic heterocycles.